The van der Waals surface area contributed by atoms with E-state index in [1.807, 2.05) is 23.8 Å². The van der Waals surface area contributed by atoms with E-state index in [9.17, 15) is 0 Å². The van der Waals surface area contributed by atoms with E-state index in [0.29, 0.717) is 0 Å². The van der Waals surface area contributed by atoms with Crippen molar-refractivity contribution in [2.45, 2.75) is 78.1 Å². The molecule has 0 aliphatic carbocycles. The molecule has 0 spiro atoms. The van der Waals surface area contributed by atoms with Gasteiger partial charge in [0.05, 0.1) is 29.1 Å². The predicted octanol–water partition coefficient (Wildman–Crippen LogP) is 5.71. The first-order chi connectivity index (χ1) is 16.2. The lowest BCUT2D eigenvalue weighted by Crippen LogP contribution is -2.31. The molecule has 0 aliphatic rings. The molecule has 4 aromatic heterocycles. The molecule has 1 N–H and O–H groups in total. The molecule has 0 saturated heterocycles. The van der Waals surface area contributed by atoms with Crippen molar-refractivity contribution in [1.82, 2.24) is 24.5 Å². The Labute approximate surface area is 210 Å². The Hall–Kier alpha value is -2.86. The molecule has 6 nitrogen and oxygen atoms in total. The molecular weight excluding hydrogens is 432 g/mol. The molecule has 0 atom stereocenters. The standard InChI is InChI=1S/C29H42N6/c1-27(2,3)24-22-14-13-20(17-35(22)32-26(24)28(4,5)6)16-29(7,8)21-18-34-23(12-11-15-31-34)25(21)33(10)19-30-9/h11-15,17-18,30H,16,19H2,1-10H3. The number of nitrogens with zero attached hydrogens (tertiary/aromatic N) is 5. The summed E-state index contributed by atoms with van der Waals surface area (Å²) in [4.78, 5) is 2.27. The molecule has 4 rings (SSSR count). The minimum absolute atomic E-state index is 0.0134. The maximum atomic E-state index is 5.10. The van der Waals surface area contributed by atoms with Crippen LogP contribution < -0.4 is 10.2 Å². The van der Waals surface area contributed by atoms with Gasteiger partial charge in [-0.05, 0) is 48.1 Å². The highest BCUT2D eigenvalue weighted by Gasteiger charge is 2.32. The van der Waals surface area contributed by atoms with Crippen molar-refractivity contribution in [3.05, 3.63) is 65.2 Å². The van der Waals surface area contributed by atoms with Crippen LogP contribution >= 0.6 is 0 Å². The Morgan fingerprint density at radius 1 is 0.886 bits per heavy atom. The van der Waals surface area contributed by atoms with Gasteiger partial charge in [-0.15, -0.1) is 0 Å². The van der Waals surface area contributed by atoms with E-state index in [2.05, 4.69) is 113 Å². The number of aromatic nitrogens is 4. The van der Waals surface area contributed by atoms with Gasteiger partial charge >= 0.3 is 0 Å². The lowest BCUT2D eigenvalue weighted by molar-refractivity contribution is 0.517. The van der Waals surface area contributed by atoms with Gasteiger partial charge in [0.1, 0.15) is 0 Å². The number of nitrogens with one attached hydrogen (secondary N) is 1. The van der Waals surface area contributed by atoms with Crippen molar-refractivity contribution >= 4 is 16.7 Å². The SMILES string of the molecule is CNCN(C)c1c(C(C)(C)Cc2ccc3c(C(C)(C)C)c(C(C)(C)C)nn3c2)cn2ncccc12. The highest BCUT2D eigenvalue weighted by molar-refractivity contribution is 5.78. The molecule has 35 heavy (non-hydrogen) atoms. The van der Waals surface area contributed by atoms with Gasteiger partial charge in [-0.3, -0.25) is 0 Å². The number of rotatable bonds is 6. The van der Waals surface area contributed by atoms with E-state index < -0.39 is 0 Å². The fraction of sp³-hybridized carbons (Fsp3) is 0.517. The maximum Gasteiger partial charge on any atom is 0.0883 e. The molecule has 0 bridgehead atoms. The predicted molar refractivity (Wildman–Crippen MR) is 147 cm³/mol. The molecule has 0 unspecified atom stereocenters. The van der Waals surface area contributed by atoms with Gasteiger partial charge in [-0.1, -0.05) is 61.5 Å². The summed E-state index contributed by atoms with van der Waals surface area (Å²) in [6, 6.07) is 8.70. The molecule has 0 aliphatic heterocycles. The quantitative estimate of drug-likeness (QED) is 0.364. The van der Waals surface area contributed by atoms with Gasteiger partial charge in [0, 0.05) is 42.2 Å². The molecule has 0 aromatic carbocycles. The molecular formula is C29H42N6. The van der Waals surface area contributed by atoms with Crippen LogP contribution in [-0.2, 0) is 22.7 Å². The molecule has 4 heterocycles. The highest BCUT2D eigenvalue weighted by Crippen LogP contribution is 2.39. The van der Waals surface area contributed by atoms with Gasteiger partial charge < -0.3 is 10.2 Å². The van der Waals surface area contributed by atoms with E-state index in [4.69, 9.17) is 5.10 Å². The summed E-state index contributed by atoms with van der Waals surface area (Å²) in [7, 11) is 4.12. The fourth-order valence-corrected chi connectivity index (χ4v) is 5.27. The number of hydrogen-bond donors (Lipinski definition) is 1. The zero-order chi connectivity index (χ0) is 25.8. The van der Waals surface area contributed by atoms with E-state index >= 15 is 0 Å². The van der Waals surface area contributed by atoms with E-state index in [1.165, 1.54) is 33.6 Å². The van der Waals surface area contributed by atoms with Crippen LogP contribution in [0.5, 0.6) is 0 Å². The third-order valence-electron chi connectivity index (χ3n) is 6.83. The van der Waals surface area contributed by atoms with Gasteiger partial charge in [0.2, 0.25) is 0 Å². The highest BCUT2D eigenvalue weighted by atomic mass is 15.3. The normalized spacial score (nSPS) is 13.2. The van der Waals surface area contributed by atoms with E-state index in [-0.39, 0.29) is 16.2 Å². The first-order valence-electron chi connectivity index (χ1n) is 12.6. The number of pyridine rings is 1. The fourth-order valence-electron chi connectivity index (χ4n) is 5.27. The van der Waals surface area contributed by atoms with Gasteiger partial charge in [0.25, 0.3) is 0 Å². The van der Waals surface area contributed by atoms with Gasteiger partial charge in [-0.2, -0.15) is 10.2 Å². The summed E-state index contributed by atoms with van der Waals surface area (Å²) in [5.74, 6) is 0. The zero-order valence-corrected chi connectivity index (χ0v) is 23.2. The Morgan fingerprint density at radius 2 is 1.60 bits per heavy atom. The van der Waals surface area contributed by atoms with Crippen molar-refractivity contribution in [3.8, 4) is 0 Å². The van der Waals surface area contributed by atoms with Crippen molar-refractivity contribution < 1.29 is 0 Å². The minimum Gasteiger partial charge on any atom is -0.360 e. The first kappa shape index (κ1) is 25.2. The topological polar surface area (TPSA) is 49.9 Å². The third kappa shape index (κ3) is 4.68. The number of anilines is 1. The second kappa shape index (κ2) is 8.66. The minimum atomic E-state index is -0.106. The summed E-state index contributed by atoms with van der Waals surface area (Å²) < 4.78 is 4.11. The Balaban J connectivity index is 1.79. The van der Waals surface area contributed by atoms with Crippen molar-refractivity contribution in [1.29, 1.82) is 0 Å². The lowest BCUT2D eigenvalue weighted by Gasteiger charge is -2.29. The molecule has 0 amide bonds. The van der Waals surface area contributed by atoms with Crippen LogP contribution in [0.15, 0.2) is 42.9 Å². The van der Waals surface area contributed by atoms with Crippen LogP contribution in [0.4, 0.5) is 5.69 Å². The molecule has 188 valence electrons. The zero-order valence-electron chi connectivity index (χ0n) is 23.2. The molecule has 0 saturated carbocycles. The lowest BCUT2D eigenvalue weighted by atomic mass is 9.78. The molecule has 6 heteroatoms. The Kier molecular flexibility index (Phi) is 6.25. The average molecular weight is 475 g/mol. The molecule has 4 aromatic rings. The summed E-state index contributed by atoms with van der Waals surface area (Å²) in [6.07, 6.45) is 7.16. The van der Waals surface area contributed by atoms with Crippen LogP contribution in [0.1, 0.15) is 77.8 Å². The second-order valence-corrected chi connectivity index (χ2v) is 12.6. The van der Waals surface area contributed by atoms with Crippen LogP contribution in [0.2, 0.25) is 0 Å². The smallest absolute Gasteiger partial charge is 0.0883 e. The number of fused-ring (bicyclic) bond motifs is 2. The van der Waals surface area contributed by atoms with E-state index in [0.717, 1.165) is 18.6 Å². The van der Waals surface area contributed by atoms with Gasteiger partial charge in [-0.25, -0.2) is 9.03 Å². The largest absolute Gasteiger partial charge is 0.360 e. The van der Waals surface area contributed by atoms with Gasteiger partial charge in [0.15, 0.2) is 0 Å². The molecule has 0 radical (unpaired) electrons. The summed E-state index contributed by atoms with van der Waals surface area (Å²) >= 11 is 0. The van der Waals surface area contributed by atoms with E-state index in [1.54, 1.807) is 0 Å². The van der Waals surface area contributed by atoms with Crippen molar-refractivity contribution in [2.24, 2.45) is 0 Å². The first-order valence-corrected chi connectivity index (χ1v) is 12.6. The molecule has 0 fully saturated rings. The van der Waals surface area contributed by atoms with Crippen LogP contribution in [-0.4, -0.2) is 40.0 Å². The summed E-state index contributed by atoms with van der Waals surface area (Å²) in [6.45, 7) is 19.0. The van der Waals surface area contributed by atoms with Crippen LogP contribution in [0.3, 0.4) is 0 Å². The van der Waals surface area contributed by atoms with Crippen molar-refractivity contribution in [3.63, 3.8) is 0 Å². The van der Waals surface area contributed by atoms with Crippen LogP contribution in [0.25, 0.3) is 11.0 Å². The number of hydrogen-bond acceptors (Lipinski definition) is 4. The summed E-state index contributed by atoms with van der Waals surface area (Å²) in [5.41, 5.74) is 8.56. The second-order valence-electron chi connectivity index (χ2n) is 12.6. The third-order valence-corrected chi connectivity index (χ3v) is 6.83. The van der Waals surface area contributed by atoms with Crippen LogP contribution in [0, 0.1) is 0 Å². The maximum absolute atomic E-state index is 5.10. The Bertz CT molecular complexity index is 1340. The average Bonchev–Trinajstić information content (AvgIpc) is 3.32. The monoisotopic (exact) mass is 474 g/mol. The Morgan fingerprint density at radius 3 is 2.23 bits per heavy atom. The summed E-state index contributed by atoms with van der Waals surface area (Å²) in [5, 5.41) is 13.0. The van der Waals surface area contributed by atoms with Crippen molar-refractivity contribution in [2.75, 3.05) is 25.7 Å².